The molecule has 1 aliphatic rings. The van der Waals surface area contributed by atoms with Crippen molar-refractivity contribution in [3.05, 3.63) is 75.8 Å². The first-order valence-electron chi connectivity index (χ1n) is 10.5. The molecular weight excluding hydrogens is 422 g/mol. The Balaban J connectivity index is 1.40. The number of H-pyrrole nitrogens is 1. The van der Waals surface area contributed by atoms with Crippen molar-refractivity contribution < 1.29 is 18.7 Å². The standard InChI is InChI=1S/C20H21B4FN4O4/c21-19(22,25)20(23,24)33-14-2-1-12(26-8-14)10-32-13-3-4-15-11(7-13)9-29(18(15)31)16-5-6-17(30)28-27-16/h1-8H,9-10,21-24H2,(H,28,30). The number of nitrogens with one attached hydrogen (secondary N) is 1. The Bertz CT molecular complexity index is 1230. The molecule has 3 aromatic rings. The lowest BCUT2D eigenvalue weighted by Crippen LogP contribution is -2.57. The van der Waals surface area contributed by atoms with Crippen molar-refractivity contribution in [2.75, 3.05) is 4.90 Å². The van der Waals surface area contributed by atoms with Gasteiger partial charge < -0.3 is 9.47 Å². The summed E-state index contributed by atoms with van der Waals surface area (Å²) in [6.07, 6.45) is 1.54. The summed E-state index contributed by atoms with van der Waals surface area (Å²) in [5.74, 6) is 1.26. The summed E-state index contributed by atoms with van der Waals surface area (Å²) in [5.41, 5.74) is 0.191. The van der Waals surface area contributed by atoms with Crippen molar-refractivity contribution in [3.63, 3.8) is 0 Å². The number of nitrogens with zero attached hydrogens (tertiary/aromatic N) is 3. The van der Waals surface area contributed by atoms with Gasteiger partial charge in [-0.05, 0) is 42.0 Å². The number of halogens is 1. The molecule has 13 heteroatoms. The molecule has 0 atom stereocenters. The Morgan fingerprint density at radius 2 is 1.82 bits per heavy atom. The van der Waals surface area contributed by atoms with E-state index in [0.717, 1.165) is 5.56 Å². The molecule has 0 fully saturated rings. The average molecular weight is 444 g/mol. The molecule has 8 nitrogen and oxygen atoms in total. The SMILES string of the molecule is BC(B)(F)C(B)(B)Oc1ccc(COc2ccc3c(c2)CN(c2ccc(=O)[nH]n2)C3=O)nc1. The first-order valence-corrected chi connectivity index (χ1v) is 10.5. The largest absolute Gasteiger partial charge is 0.502 e. The molecule has 1 aliphatic heterocycles. The van der Waals surface area contributed by atoms with Gasteiger partial charge in [0.15, 0.2) is 5.82 Å². The molecule has 4 rings (SSSR count). The highest BCUT2D eigenvalue weighted by Crippen LogP contribution is 2.30. The number of alkyl halides is 1. The van der Waals surface area contributed by atoms with E-state index in [4.69, 9.17) is 9.47 Å². The molecule has 3 heterocycles. The maximum absolute atomic E-state index is 14.3. The smallest absolute Gasteiger partial charge is 0.264 e. The topological polar surface area (TPSA) is 97.4 Å². The fourth-order valence-electron chi connectivity index (χ4n) is 3.19. The zero-order valence-electron chi connectivity index (χ0n) is 18.9. The third-order valence-electron chi connectivity index (χ3n) is 5.81. The fraction of sp³-hybridized carbons (Fsp3) is 0.200. The van der Waals surface area contributed by atoms with Gasteiger partial charge in [-0.2, -0.15) is 5.10 Å². The second-order valence-corrected chi connectivity index (χ2v) is 8.85. The summed E-state index contributed by atoms with van der Waals surface area (Å²) in [5, 5.41) is 5.26. The number of hydrogen-bond donors (Lipinski definition) is 1. The first-order chi connectivity index (χ1) is 15.5. The van der Waals surface area contributed by atoms with Crippen LogP contribution in [0.1, 0.15) is 21.6 Å². The van der Waals surface area contributed by atoms with Gasteiger partial charge in [-0.1, -0.05) is 0 Å². The number of ether oxygens (including phenoxy) is 2. The van der Waals surface area contributed by atoms with E-state index in [2.05, 4.69) is 15.2 Å². The summed E-state index contributed by atoms with van der Waals surface area (Å²) < 4.78 is 25.9. The van der Waals surface area contributed by atoms with Crippen molar-refractivity contribution in [2.24, 2.45) is 0 Å². The number of anilines is 1. The molecule has 164 valence electrons. The van der Waals surface area contributed by atoms with E-state index in [1.165, 1.54) is 32.7 Å². The molecule has 1 aromatic carbocycles. The number of carbonyl (C=O) groups is 1. The van der Waals surface area contributed by atoms with Crippen LogP contribution in [-0.2, 0) is 13.2 Å². The van der Waals surface area contributed by atoms with Crippen molar-refractivity contribution in [1.82, 2.24) is 15.2 Å². The highest BCUT2D eigenvalue weighted by Gasteiger charge is 2.38. The maximum Gasteiger partial charge on any atom is 0.264 e. The molecule has 0 spiro atoms. The van der Waals surface area contributed by atoms with Crippen LogP contribution in [-0.4, -0.2) is 63.3 Å². The van der Waals surface area contributed by atoms with Gasteiger partial charge in [0.2, 0.25) is 0 Å². The van der Waals surface area contributed by atoms with Gasteiger partial charge in [0.1, 0.15) is 49.5 Å². The van der Waals surface area contributed by atoms with Crippen LogP contribution < -0.4 is 19.9 Å². The van der Waals surface area contributed by atoms with Gasteiger partial charge >= 0.3 is 0 Å². The van der Waals surface area contributed by atoms with E-state index in [9.17, 15) is 14.0 Å². The number of carbonyl (C=O) groups excluding carboxylic acids is 1. The van der Waals surface area contributed by atoms with Gasteiger partial charge in [-0.15, -0.1) is 0 Å². The van der Waals surface area contributed by atoms with Crippen LogP contribution in [0.2, 0.25) is 0 Å². The lowest BCUT2D eigenvalue weighted by atomic mass is 9.43. The zero-order valence-corrected chi connectivity index (χ0v) is 18.9. The van der Waals surface area contributed by atoms with Crippen LogP contribution in [0, 0.1) is 0 Å². The number of rotatable bonds is 7. The quantitative estimate of drug-likeness (QED) is 0.428. The zero-order chi connectivity index (χ0) is 23.8. The number of hydrogen-bond acceptors (Lipinski definition) is 6. The Hall–Kier alpha value is -3.49. The predicted octanol–water partition coefficient (Wildman–Crippen LogP) is -1.91. The molecule has 2 aromatic heterocycles. The number of pyridine rings is 1. The van der Waals surface area contributed by atoms with Crippen molar-refractivity contribution in [2.45, 2.75) is 24.0 Å². The van der Waals surface area contributed by atoms with E-state index < -0.39 is 10.9 Å². The Kier molecular flexibility index (Phi) is 5.82. The summed E-state index contributed by atoms with van der Waals surface area (Å²) in [6.45, 7) is 0.547. The van der Waals surface area contributed by atoms with Gasteiger partial charge in [-0.25, -0.2) is 5.10 Å². The maximum atomic E-state index is 14.3. The highest BCUT2D eigenvalue weighted by molar-refractivity contribution is 6.53. The van der Waals surface area contributed by atoms with Crippen molar-refractivity contribution in [1.29, 1.82) is 0 Å². The highest BCUT2D eigenvalue weighted by atomic mass is 19.1. The van der Waals surface area contributed by atoms with Crippen LogP contribution in [0.25, 0.3) is 0 Å². The van der Waals surface area contributed by atoms with Gasteiger partial charge in [-0.3, -0.25) is 23.9 Å². The average Bonchev–Trinajstić information content (AvgIpc) is 3.08. The predicted molar refractivity (Wildman–Crippen MR) is 132 cm³/mol. The monoisotopic (exact) mass is 444 g/mol. The van der Waals surface area contributed by atoms with Crippen LogP contribution in [0.5, 0.6) is 11.5 Å². The fourth-order valence-corrected chi connectivity index (χ4v) is 3.19. The molecule has 0 bridgehead atoms. The van der Waals surface area contributed by atoms with Crippen molar-refractivity contribution in [3.8, 4) is 11.5 Å². The van der Waals surface area contributed by atoms with E-state index >= 15 is 0 Å². The second kappa shape index (κ2) is 8.46. The first kappa shape index (κ1) is 22.7. The van der Waals surface area contributed by atoms with Crippen LogP contribution in [0.4, 0.5) is 10.2 Å². The summed E-state index contributed by atoms with van der Waals surface area (Å²) in [4.78, 5) is 29.7. The van der Waals surface area contributed by atoms with Crippen LogP contribution >= 0.6 is 0 Å². The molecule has 0 saturated carbocycles. The summed E-state index contributed by atoms with van der Waals surface area (Å²) in [6, 6.07) is 11.6. The molecule has 0 aliphatic carbocycles. The van der Waals surface area contributed by atoms with Gasteiger partial charge in [0.05, 0.1) is 29.3 Å². The normalized spacial score (nSPS) is 13.6. The second-order valence-electron chi connectivity index (χ2n) is 8.85. The summed E-state index contributed by atoms with van der Waals surface area (Å²) >= 11 is 0. The van der Waals surface area contributed by atoms with E-state index in [1.807, 2.05) is 6.07 Å². The van der Waals surface area contributed by atoms with Crippen LogP contribution in [0.3, 0.4) is 0 Å². The van der Waals surface area contributed by atoms with Crippen molar-refractivity contribution >= 4 is 43.1 Å². The molecule has 1 amide bonds. The Morgan fingerprint density at radius 3 is 2.45 bits per heavy atom. The Morgan fingerprint density at radius 1 is 1.06 bits per heavy atom. The van der Waals surface area contributed by atoms with Gasteiger partial charge in [0, 0.05) is 11.6 Å². The third-order valence-corrected chi connectivity index (χ3v) is 5.81. The molecule has 33 heavy (non-hydrogen) atoms. The minimum Gasteiger partial charge on any atom is -0.502 e. The van der Waals surface area contributed by atoms with E-state index in [0.29, 0.717) is 35.1 Å². The van der Waals surface area contributed by atoms with E-state index in [-0.39, 0.29) is 18.1 Å². The minimum absolute atomic E-state index is 0.187. The molecular formula is C20H21B4FN4O4. The molecule has 0 unspecified atom stereocenters. The van der Waals surface area contributed by atoms with Gasteiger partial charge in [0.25, 0.3) is 11.5 Å². The van der Waals surface area contributed by atoms with E-state index in [1.54, 1.807) is 46.2 Å². The minimum atomic E-state index is -1.52. The lowest BCUT2D eigenvalue weighted by Gasteiger charge is -2.36. The molecule has 0 radical (unpaired) electrons. The third kappa shape index (κ3) is 4.81. The lowest BCUT2D eigenvalue weighted by molar-refractivity contribution is 0.0995. The number of aromatic nitrogens is 3. The summed E-state index contributed by atoms with van der Waals surface area (Å²) in [7, 11) is 6.33. The number of benzene rings is 1. The molecule has 1 N–H and O–H groups in total. The molecule has 0 saturated heterocycles. The number of aromatic amines is 1. The number of amides is 1. The number of fused-ring (bicyclic) bond motifs is 1. The van der Waals surface area contributed by atoms with Crippen LogP contribution in [0.15, 0.2) is 53.5 Å². The Labute approximate surface area is 193 Å².